The quantitative estimate of drug-likeness (QED) is 0.117. The van der Waals surface area contributed by atoms with Crippen molar-refractivity contribution in [2.75, 3.05) is 26.7 Å². The highest BCUT2D eigenvalue weighted by atomic mass is 16.7. The van der Waals surface area contributed by atoms with E-state index in [0.29, 0.717) is 35.1 Å². The Kier molecular flexibility index (Phi) is 14.0. The Labute approximate surface area is 355 Å². The molecule has 12 heteroatoms. The smallest absolute Gasteiger partial charge is 0.328 e. The van der Waals surface area contributed by atoms with Gasteiger partial charge in [0.25, 0.3) is 0 Å². The van der Waals surface area contributed by atoms with Crippen LogP contribution in [0.15, 0.2) is 48.6 Å². The van der Waals surface area contributed by atoms with Gasteiger partial charge in [0.1, 0.15) is 11.5 Å². The number of piperidine rings is 2. The lowest BCUT2D eigenvalue weighted by Crippen LogP contribution is -2.59. The topological polar surface area (TPSA) is 170 Å². The maximum absolute atomic E-state index is 11.9. The van der Waals surface area contributed by atoms with E-state index in [1.54, 1.807) is 0 Å². The van der Waals surface area contributed by atoms with Crippen LogP contribution in [-0.2, 0) is 52.3 Å². The minimum absolute atomic E-state index is 0.0184. The lowest BCUT2D eigenvalue weighted by atomic mass is 9.53. The van der Waals surface area contributed by atoms with Crippen LogP contribution in [0, 0.1) is 22.7 Å². The number of carboxylic acids is 2. The summed E-state index contributed by atoms with van der Waals surface area (Å²) in [4.78, 5) is 42.9. The highest BCUT2D eigenvalue weighted by Crippen LogP contribution is 2.55. The molecule has 4 aliphatic carbocycles. The molecule has 328 valence electrons. The molecule has 0 unspecified atom stereocenters. The summed E-state index contributed by atoms with van der Waals surface area (Å²) in [6.07, 6.45) is 16.5. The van der Waals surface area contributed by atoms with Gasteiger partial charge in [-0.05, 0) is 164 Å². The zero-order chi connectivity index (χ0) is 43.3. The first kappa shape index (κ1) is 45.1. The van der Waals surface area contributed by atoms with Crippen molar-refractivity contribution in [1.29, 1.82) is 0 Å². The predicted molar refractivity (Wildman–Crippen MR) is 227 cm³/mol. The third-order valence-corrected chi connectivity index (χ3v) is 13.7. The summed E-state index contributed by atoms with van der Waals surface area (Å²) < 4.78 is 22.1. The third-order valence-electron chi connectivity index (χ3n) is 13.7. The number of rotatable bonds is 8. The van der Waals surface area contributed by atoms with E-state index >= 15 is 0 Å². The molecule has 2 heterocycles. The minimum atomic E-state index is -1.26. The van der Waals surface area contributed by atoms with Crippen LogP contribution in [0.25, 0.3) is 0 Å². The number of carbonyl (C=O) groups is 4. The first-order chi connectivity index (χ1) is 28.4. The van der Waals surface area contributed by atoms with Crippen molar-refractivity contribution in [2.24, 2.45) is 22.7 Å². The van der Waals surface area contributed by atoms with Gasteiger partial charge in [0.2, 0.25) is 13.6 Å². The van der Waals surface area contributed by atoms with Crippen molar-refractivity contribution in [2.45, 2.75) is 142 Å². The molecule has 4 bridgehead atoms. The van der Waals surface area contributed by atoms with Crippen LogP contribution in [-0.4, -0.2) is 72.8 Å². The van der Waals surface area contributed by atoms with Gasteiger partial charge in [-0.25, -0.2) is 9.59 Å². The molecule has 2 aromatic carbocycles. The van der Waals surface area contributed by atoms with E-state index in [9.17, 15) is 19.2 Å². The van der Waals surface area contributed by atoms with Gasteiger partial charge in [-0.2, -0.15) is 0 Å². The monoisotopic (exact) mass is 830 g/mol. The molecule has 2 aliphatic heterocycles. The van der Waals surface area contributed by atoms with Gasteiger partial charge < -0.3 is 39.8 Å². The second-order valence-corrected chi connectivity index (χ2v) is 19.6. The average molecular weight is 831 g/mol. The van der Waals surface area contributed by atoms with E-state index in [1.807, 2.05) is 53.7 Å². The summed E-state index contributed by atoms with van der Waals surface area (Å²) in [5, 5.41) is 23.2. The third kappa shape index (κ3) is 10.2. The molecule has 0 radical (unpaired) electrons. The Morgan fingerprint density at radius 1 is 0.633 bits per heavy atom. The average Bonchev–Trinajstić information content (AvgIpc) is 3.20. The van der Waals surface area contributed by atoms with Crippen molar-refractivity contribution in [1.82, 2.24) is 10.6 Å². The number of hydrogen-bond donors (Lipinski definition) is 4. The number of nitrogens with one attached hydrogen (secondary N) is 2. The van der Waals surface area contributed by atoms with Gasteiger partial charge >= 0.3 is 23.9 Å². The van der Waals surface area contributed by atoms with E-state index < -0.39 is 22.8 Å². The second kappa shape index (κ2) is 18.7. The number of benzene rings is 2. The molecule has 0 aromatic heterocycles. The molecule has 60 heavy (non-hydrogen) atoms. The van der Waals surface area contributed by atoms with E-state index in [-0.39, 0.29) is 25.5 Å². The second-order valence-electron chi connectivity index (χ2n) is 19.6. The lowest BCUT2D eigenvalue weighted by Gasteiger charge is -2.56. The summed E-state index contributed by atoms with van der Waals surface area (Å²) in [6, 6.07) is 14.2. The Hall–Kier alpha value is -4.42. The fourth-order valence-electron chi connectivity index (χ4n) is 10.9. The molecule has 0 spiro atoms. The largest absolute Gasteiger partial charge is 0.478 e. The van der Waals surface area contributed by atoms with Crippen LogP contribution in [0.5, 0.6) is 11.5 Å². The standard InChI is InChI=1S/2C22H31NO3.C4H4O4/c2*1-21(2,3)20(24)26-14-25-16-8-7-15-12-19-17-6-4-5-9-22(17,10-11-23-19)18(15)13-16;5-3(6)1-2-4(7)8/h2*7-8,13,17,19,23H,4-6,9-12,14H2,1-3H3;1-2H,(H,5,6)(H,7,8)/b;;2-1+/t2*17-,19-,22+;/m11./s1. The van der Waals surface area contributed by atoms with Crippen molar-refractivity contribution >= 4 is 23.9 Å². The molecule has 4 fully saturated rings. The number of esters is 2. The number of aliphatic carboxylic acids is 2. The van der Waals surface area contributed by atoms with Crippen LogP contribution in [0.2, 0.25) is 0 Å². The molecule has 4 N–H and O–H groups in total. The highest BCUT2D eigenvalue weighted by molar-refractivity contribution is 5.89. The fraction of sp³-hybridized carbons (Fsp3) is 0.625. The van der Waals surface area contributed by atoms with Crippen LogP contribution in [0.3, 0.4) is 0 Å². The fourth-order valence-corrected chi connectivity index (χ4v) is 10.9. The molecular formula is C48H66N2O10. The lowest BCUT2D eigenvalue weighted by molar-refractivity contribution is -0.160. The predicted octanol–water partition coefficient (Wildman–Crippen LogP) is 7.63. The number of ether oxygens (including phenoxy) is 4. The molecule has 2 aromatic rings. The van der Waals surface area contributed by atoms with Gasteiger partial charge in [-0.3, -0.25) is 9.59 Å². The molecule has 2 saturated carbocycles. The zero-order valence-electron chi connectivity index (χ0n) is 36.4. The van der Waals surface area contributed by atoms with Gasteiger partial charge in [-0.1, -0.05) is 37.8 Å². The number of carboxylic acid groups (broad SMARTS) is 2. The summed E-state index contributed by atoms with van der Waals surface area (Å²) in [5.74, 6) is 0.171. The van der Waals surface area contributed by atoms with E-state index in [4.69, 9.17) is 29.2 Å². The molecule has 6 aliphatic rings. The van der Waals surface area contributed by atoms with Gasteiger partial charge in [0, 0.05) is 35.1 Å². The first-order valence-corrected chi connectivity index (χ1v) is 21.9. The maximum Gasteiger partial charge on any atom is 0.328 e. The maximum atomic E-state index is 11.9. The van der Waals surface area contributed by atoms with Crippen molar-refractivity contribution in [3.05, 3.63) is 70.8 Å². The Bertz CT molecular complexity index is 1770. The molecule has 8 rings (SSSR count). The number of fused-ring (bicyclic) bond motifs is 2. The van der Waals surface area contributed by atoms with Gasteiger partial charge in [0.15, 0.2) is 0 Å². The molecule has 6 atom stereocenters. The summed E-state index contributed by atoms with van der Waals surface area (Å²) in [6.45, 7) is 13.3. The molecule has 2 saturated heterocycles. The van der Waals surface area contributed by atoms with Crippen LogP contribution < -0.4 is 20.1 Å². The van der Waals surface area contributed by atoms with Crippen LogP contribution in [0.1, 0.15) is 128 Å². The molecule has 12 nitrogen and oxygen atoms in total. The summed E-state index contributed by atoms with van der Waals surface area (Å²) in [7, 11) is 0. The Morgan fingerprint density at radius 3 is 1.40 bits per heavy atom. The van der Waals surface area contributed by atoms with E-state index in [2.05, 4.69) is 34.9 Å². The highest BCUT2D eigenvalue weighted by Gasteiger charge is 2.52. The molecular weight excluding hydrogens is 765 g/mol. The van der Waals surface area contributed by atoms with E-state index in [0.717, 1.165) is 49.3 Å². The van der Waals surface area contributed by atoms with Gasteiger partial charge in [-0.15, -0.1) is 0 Å². The summed E-state index contributed by atoms with van der Waals surface area (Å²) in [5.41, 5.74) is 5.58. The normalized spacial score (nSPS) is 27.4. The first-order valence-electron chi connectivity index (χ1n) is 21.9. The zero-order valence-corrected chi connectivity index (χ0v) is 36.4. The van der Waals surface area contributed by atoms with Crippen LogP contribution >= 0.6 is 0 Å². The Morgan fingerprint density at radius 2 is 1.03 bits per heavy atom. The SMILES string of the molecule is CC(C)(C)C(=O)OCOc1ccc2c(c1)[C@]13CCCC[C@@H]1[C@@H](C2)NCC3.CC(C)(C)C(=O)OCOc1ccc2c(c1)[C@]13CCCC[C@@H]1[C@@H](C2)NCC3.O=C(O)/C=C/C(=O)O. The summed E-state index contributed by atoms with van der Waals surface area (Å²) >= 11 is 0. The van der Waals surface area contributed by atoms with Crippen molar-refractivity contribution in [3.63, 3.8) is 0 Å². The Balaban J connectivity index is 0.000000171. The van der Waals surface area contributed by atoms with Crippen LogP contribution in [0.4, 0.5) is 0 Å². The van der Waals surface area contributed by atoms with E-state index in [1.165, 1.54) is 86.5 Å². The minimum Gasteiger partial charge on any atom is -0.478 e. The van der Waals surface area contributed by atoms with Crippen molar-refractivity contribution < 1.29 is 48.3 Å². The van der Waals surface area contributed by atoms with Crippen molar-refractivity contribution in [3.8, 4) is 11.5 Å². The number of hydrogen-bond acceptors (Lipinski definition) is 10. The molecule has 0 amide bonds. The van der Waals surface area contributed by atoms with Gasteiger partial charge in [0.05, 0.1) is 10.8 Å². The number of carbonyl (C=O) groups excluding carboxylic acids is 2.